The van der Waals surface area contributed by atoms with Crippen LogP contribution in [0.5, 0.6) is 0 Å². The SMILES string of the molecule is Fc1ccc(Br)cc1-c1cc(-c2ccccc2)n2c(n1)nc1ccccc12. The lowest BCUT2D eigenvalue weighted by atomic mass is 10.1. The third-order valence-corrected chi connectivity index (χ3v) is 5.05. The lowest BCUT2D eigenvalue weighted by molar-refractivity contribution is 0.630. The van der Waals surface area contributed by atoms with Gasteiger partial charge in [-0.3, -0.25) is 4.40 Å². The quantitative estimate of drug-likeness (QED) is 0.346. The fraction of sp³-hybridized carbons (Fsp3) is 0. The summed E-state index contributed by atoms with van der Waals surface area (Å²) in [6, 6.07) is 24.7. The molecular weight excluding hydrogens is 405 g/mol. The lowest BCUT2D eigenvalue weighted by Crippen LogP contribution is -1.98. The minimum absolute atomic E-state index is 0.315. The molecule has 0 atom stereocenters. The molecule has 0 radical (unpaired) electrons. The van der Waals surface area contributed by atoms with Crippen molar-refractivity contribution in [1.82, 2.24) is 14.4 Å². The summed E-state index contributed by atoms with van der Waals surface area (Å²) >= 11 is 3.42. The van der Waals surface area contributed by atoms with Gasteiger partial charge in [-0.15, -0.1) is 0 Å². The number of aromatic nitrogens is 3. The van der Waals surface area contributed by atoms with Crippen LogP contribution in [0, 0.1) is 5.82 Å². The van der Waals surface area contributed by atoms with E-state index in [2.05, 4.69) is 25.9 Å². The van der Waals surface area contributed by atoms with Crippen molar-refractivity contribution in [3.05, 3.63) is 89.2 Å². The lowest BCUT2D eigenvalue weighted by Gasteiger charge is -2.10. The van der Waals surface area contributed by atoms with E-state index in [-0.39, 0.29) is 5.82 Å². The van der Waals surface area contributed by atoms with E-state index in [0.717, 1.165) is 26.8 Å². The van der Waals surface area contributed by atoms with Gasteiger partial charge in [-0.1, -0.05) is 58.4 Å². The summed E-state index contributed by atoms with van der Waals surface area (Å²) in [7, 11) is 0. The summed E-state index contributed by atoms with van der Waals surface area (Å²) in [5.74, 6) is 0.233. The highest BCUT2D eigenvalue weighted by Crippen LogP contribution is 2.31. The molecule has 0 bridgehead atoms. The Labute approximate surface area is 163 Å². The highest BCUT2D eigenvalue weighted by Gasteiger charge is 2.16. The van der Waals surface area contributed by atoms with Gasteiger partial charge in [0.15, 0.2) is 0 Å². The maximum absolute atomic E-state index is 14.5. The van der Waals surface area contributed by atoms with Crippen LogP contribution in [-0.4, -0.2) is 14.4 Å². The van der Waals surface area contributed by atoms with Gasteiger partial charge >= 0.3 is 0 Å². The summed E-state index contributed by atoms with van der Waals surface area (Å²) in [4.78, 5) is 9.32. The molecule has 0 saturated carbocycles. The zero-order chi connectivity index (χ0) is 18.4. The van der Waals surface area contributed by atoms with Gasteiger partial charge < -0.3 is 0 Å². The molecule has 0 unspecified atom stereocenters. The molecule has 130 valence electrons. The number of imidazole rings is 1. The van der Waals surface area contributed by atoms with Gasteiger partial charge in [0, 0.05) is 10.0 Å². The van der Waals surface area contributed by atoms with Crippen molar-refractivity contribution in [1.29, 1.82) is 0 Å². The molecule has 0 amide bonds. The molecule has 0 aliphatic rings. The minimum Gasteiger partial charge on any atom is -0.276 e. The van der Waals surface area contributed by atoms with Crippen molar-refractivity contribution in [2.24, 2.45) is 0 Å². The first-order chi connectivity index (χ1) is 13.2. The van der Waals surface area contributed by atoms with Crippen LogP contribution in [0.2, 0.25) is 0 Å². The third-order valence-electron chi connectivity index (χ3n) is 4.55. The monoisotopic (exact) mass is 417 g/mol. The van der Waals surface area contributed by atoms with E-state index in [1.54, 1.807) is 12.1 Å². The van der Waals surface area contributed by atoms with Crippen molar-refractivity contribution >= 4 is 32.7 Å². The largest absolute Gasteiger partial charge is 0.276 e. The number of para-hydroxylation sites is 2. The highest BCUT2D eigenvalue weighted by atomic mass is 79.9. The van der Waals surface area contributed by atoms with Gasteiger partial charge in [0.2, 0.25) is 5.78 Å². The van der Waals surface area contributed by atoms with Crippen molar-refractivity contribution < 1.29 is 4.39 Å². The first-order valence-corrected chi connectivity index (χ1v) is 9.29. The van der Waals surface area contributed by atoms with Crippen LogP contribution in [-0.2, 0) is 0 Å². The molecule has 2 heterocycles. The number of benzene rings is 3. The molecule has 0 aliphatic carbocycles. The Balaban J connectivity index is 1.90. The summed E-state index contributed by atoms with van der Waals surface area (Å²) in [6.45, 7) is 0. The van der Waals surface area contributed by atoms with Crippen molar-refractivity contribution in [2.75, 3.05) is 0 Å². The summed E-state index contributed by atoms with van der Waals surface area (Å²) < 4.78 is 17.3. The highest BCUT2D eigenvalue weighted by molar-refractivity contribution is 9.10. The molecule has 0 spiro atoms. The van der Waals surface area contributed by atoms with Crippen LogP contribution < -0.4 is 0 Å². The predicted molar refractivity (Wildman–Crippen MR) is 109 cm³/mol. The Morgan fingerprint density at radius 2 is 1.59 bits per heavy atom. The molecule has 5 rings (SSSR count). The number of hydrogen-bond acceptors (Lipinski definition) is 2. The zero-order valence-electron chi connectivity index (χ0n) is 14.1. The van der Waals surface area contributed by atoms with Gasteiger partial charge in [0.1, 0.15) is 5.82 Å². The molecule has 3 nitrogen and oxygen atoms in total. The second-order valence-corrected chi connectivity index (χ2v) is 7.17. The standard InChI is InChI=1S/C22H13BrFN3/c23-15-10-11-17(24)16(12-15)19-13-21(14-6-2-1-3-7-14)27-20-9-5-4-8-18(20)25-22(27)26-19/h1-13H. The van der Waals surface area contributed by atoms with E-state index >= 15 is 0 Å². The third kappa shape index (κ3) is 2.71. The van der Waals surface area contributed by atoms with E-state index in [1.807, 2.05) is 65.1 Å². The first kappa shape index (κ1) is 16.1. The van der Waals surface area contributed by atoms with Crippen molar-refractivity contribution in [3.63, 3.8) is 0 Å². The van der Waals surface area contributed by atoms with Crippen LogP contribution in [0.25, 0.3) is 39.3 Å². The van der Waals surface area contributed by atoms with Crippen LogP contribution >= 0.6 is 15.9 Å². The first-order valence-electron chi connectivity index (χ1n) is 8.50. The van der Waals surface area contributed by atoms with Gasteiger partial charge in [-0.05, 0) is 42.0 Å². The molecule has 0 fully saturated rings. The number of fused-ring (bicyclic) bond motifs is 3. The van der Waals surface area contributed by atoms with Crippen LogP contribution in [0.15, 0.2) is 83.3 Å². The topological polar surface area (TPSA) is 30.2 Å². The van der Waals surface area contributed by atoms with E-state index in [1.165, 1.54) is 6.07 Å². The smallest absolute Gasteiger partial charge is 0.235 e. The number of hydrogen-bond donors (Lipinski definition) is 0. The Bertz CT molecular complexity index is 1300. The van der Waals surface area contributed by atoms with E-state index in [9.17, 15) is 4.39 Å². The maximum Gasteiger partial charge on any atom is 0.235 e. The second-order valence-electron chi connectivity index (χ2n) is 6.25. The van der Waals surface area contributed by atoms with Crippen molar-refractivity contribution in [2.45, 2.75) is 0 Å². The van der Waals surface area contributed by atoms with Gasteiger partial charge in [-0.2, -0.15) is 0 Å². The van der Waals surface area contributed by atoms with Crippen LogP contribution in [0.3, 0.4) is 0 Å². The molecule has 5 aromatic rings. The maximum atomic E-state index is 14.5. The Kier molecular flexibility index (Phi) is 3.76. The number of nitrogens with zero attached hydrogens (tertiary/aromatic N) is 3. The van der Waals surface area contributed by atoms with Gasteiger partial charge in [0.25, 0.3) is 0 Å². The normalized spacial score (nSPS) is 11.3. The fourth-order valence-corrected chi connectivity index (χ4v) is 3.67. The molecule has 2 aromatic heterocycles. The summed E-state index contributed by atoms with van der Waals surface area (Å²) in [5, 5.41) is 0. The zero-order valence-corrected chi connectivity index (χ0v) is 15.7. The molecule has 0 saturated heterocycles. The average Bonchev–Trinajstić information content (AvgIpc) is 3.08. The molecule has 0 N–H and O–H groups in total. The Morgan fingerprint density at radius 3 is 2.44 bits per heavy atom. The average molecular weight is 418 g/mol. The van der Waals surface area contributed by atoms with E-state index in [4.69, 9.17) is 0 Å². The number of halogens is 2. The Hall–Kier alpha value is -3.05. The minimum atomic E-state index is -0.315. The van der Waals surface area contributed by atoms with E-state index < -0.39 is 0 Å². The van der Waals surface area contributed by atoms with Crippen LogP contribution in [0.4, 0.5) is 4.39 Å². The summed E-state index contributed by atoms with van der Waals surface area (Å²) in [5.41, 5.74) is 4.76. The fourth-order valence-electron chi connectivity index (χ4n) is 3.31. The van der Waals surface area contributed by atoms with Gasteiger partial charge in [-0.25, -0.2) is 14.4 Å². The van der Waals surface area contributed by atoms with Crippen LogP contribution in [0.1, 0.15) is 0 Å². The van der Waals surface area contributed by atoms with E-state index in [0.29, 0.717) is 17.0 Å². The molecule has 5 heteroatoms. The number of rotatable bonds is 2. The second kappa shape index (κ2) is 6.28. The predicted octanol–water partition coefficient (Wildman–Crippen LogP) is 6.12. The molecular formula is C22H13BrFN3. The van der Waals surface area contributed by atoms with Crippen molar-refractivity contribution in [3.8, 4) is 22.5 Å². The molecule has 0 aliphatic heterocycles. The van der Waals surface area contributed by atoms with Gasteiger partial charge in [0.05, 0.1) is 22.4 Å². The molecule has 27 heavy (non-hydrogen) atoms. The molecule has 3 aromatic carbocycles. The Morgan fingerprint density at radius 1 is 0.815 bits per heavy atom. The summed E-state index contributed by atoms with van der Waals surface area (Å²) in [6.07, 6.45) is 0.